The number of hydrogen-bond donors (Lipinski definition) is 0. The van der Waals surface area contributed by atoms with Gasteiger partial charge in [-0.3, -0.25) is 9.98 Å². The van der Waals surface area contributed by atoms with Crippen LogP contribution in [0.4, 0.5) is 11.4 Å². The number of aryl methyl sites for hydroxylation is 3. The zero-order valence-corrected chi connectivity index (χ0v) is 38.2. The fourth-order valence-electron chi connectivity index (χ4n) is 7.80. The van der Waals surface area contributed by atoms with Crippen LogP contribution >= 0.6 is 0 Å². The number of pyridine rings is 1. The summed E-state index contributed by atoms with van der Waals surface area (Å²) in [5.41, 5.74) is 15.9. The van der Waals surface area contributed by atoms with Crippen LogP contribution in [0.25, 0.3) is 0 Å². The summed E-state index contributed by atoms with van der Waals surface area (Å²) in [6, 6.07) is 22.6. The number of aromatic nitrogens is 1. The molecule has 1 heterocycles. The van der Waals surface area contributed by atoms with Crippen LogP contribution in [0.5, 0.6) is 0 Å². The maximum atomic E-state index is 12.3. The van der Waals surface area contributed by atoms with Crippen molar-refractivity contribution in [3.05, 3.63) is 142 Å². The van der Waals surface area contributed by atoms with Gasteiger partial charge >= 0.3 is 0 Å². The maximum Gasteiger partial charge on any atom is 0.243 e. The predicted molar refractivity (Wildman–Crippen MR) is 242 cm³/mol. The molecule has 58 heavy (non-hydrogen) atoms. The molecule has 0 amide bonds. The molecule has 0 radical (unpaired) electrons. The molecule has 6 nitrogen and oxygen atoms in total. The van der Waals surface area contributed by atoms with Gasteiger partial charge in [-0.1, -0.05) is 128 Å². The number of rotatable bonds is 12. The van der Waals surface area contributed by atoms with E-state index in [0.29, 0.717) is 28.6 Å². The molecular weight excluding hydrogens is 776 g/mol. The molecule has 8 heteroatoms. The van der Waals surface area contributed by atoms with Gasteiger partial charge < -0.3 is 0 Å². The van der Waals surface area contributed by atoms with Crippen molar-refractivity contribution in [2.24, 2.45) is 9.98 Å². The largest absolute Gasteiger partial charge is 0.251 e. The Labute approximate surface area is 360 Å². The van der Waals surface area contributed by atoms with Gasteiger partial charge in [0, 0.05) is 30.2 Å². The van der Waals surface area contributed by atoms with Gasteiger partial charge in [-0.2, -0.15) is 4.31 Å². The predicted octanol–water partition coefficient (Wildman–Crippen LogP) is 12.8. The van der Waals surface area contributed by atoms with Crippen LogP contribution in [0.15, 0.2) is 107 Å². The monoisotopic (exact) mass is 840 g/mol. The Morgan fingerprint density at radius 1 is 0.638 bits per heavy atom. The molecule has 1 aromatic heterocycles. The van der Waals surface area contributed by atoms with E-state index in [1.54, 1.807) is 36.4 Å². The SMILES string of the molecule is C=CCN(CC=C)S(=O)(=O)c1ccc(C)cc1.CC(C)c1cccc(C(C)C)c1N=C1CCCc2cc3c(nc21)C(=Nc1c(C(C)C)cccc1C(C)C)CCC3.[Fe]. The summed E-state index contributed by atoms with van der Waals surface area (Å²) < 4.78 is 25.8. The summed E-state index contributed by atoms with van der Waals surface area (Å²) >= 11 is 0. The fourth-order valence-corrected chi connectivity index (χ4v) is 9.18. The molecule has 310 valence electrons. The Kier molecular flexibility index (Phi) is 16.8. The van der Waals surface area contributed by atoms with Gasteiger partial charge in [0.15, 0.2) is 0 Å². The molecule has 0 atom stereocenters. The fraction of sp³-hybridized carbons (Fsp3) is 0.420. The zero-order chi connectivity index (χ0) is 41.4. The normalized spacial score (nSPS) is 15.3. The summed E-state index contributed by atoms with van der Waals surface area (Å²) in [6.45, 7) is 27.8. The van der Waals surface area contributed by atoms with Gasteiger partial charge in [0.05, 0.1) is 39.1 Å². The van der Waals surface area contributed by atoms with Crippen LogP contribution in [-0.2, 0) is 39.9 Å². The summed E-state index contributed by atoms with van der Waals surface area (Å²) in [7, 11) is -3.45. The molecular formula is C50H64FeN4O2S. The zero-order valence-electron chi connectivity index (χ0n) is 36.3. The minimum absolute atomic E-state index is 0. The van der Waals surface area contributed by atoms with Crippen molar-refractivity contribution in [3.63, 3.8) is 0 Å². The number of benzene rings is 3. The maximum absolute atomic E-state index is 12.3. The molecule has 2 aliphatic rings. The van der Waals surface area contributed by atoms with Crippen LogP contribution in [0.3, 0.4) is 0 Å². The minimum atomic E-state index is -3.45. The molecule has 0 aliphatic heterocycles. The first-order valence-corrected chi connectivity index (χ1v) is 22.3. The minimum Gasteiger partial charge on any atom is -0.251 e. The summed E-state index contributed by atoms with van der Waals surface area (Å²) in [5.74, 6) is 1.69. The van der Waals surface area contributed by atoms with Crippen LogP contribution in [0.1, 0.15) is 155 Å². The molecule has 0 unspecified atom stereocenters. The van der Waals surface area contributed by atoms with Crippen molar-refractivity contribution in [1.82, 2.24) is 9.29 Å². The molecule has 0 fully saturated rings. The first kappa shape index (κ1) is 46.7. The van der Waals surface area contributed by atoms with E-state index in [2.05, 4.69) is 111 Å². The van der Waals surface area contributed by atoms with Crippen molar-refractivity contribution < 1.29 is 25.5 Å². The standard InChI is InChI=1S/C37H47N3.C13H17NO2S.Fe/c1-22(2)28-15-11-16-29(23(3)4)36(28)38-32-19-9-13-26-21-27-14-10-20-33(35(27)40-34(26)32)39-37-30(24(5)6)17-12-18-31(37)25(7)8;1-4-10-14(11-5-2)17(15,16)13-8-6-12(3)7-9-13;/h11-12,15-18,21-25H,9-10,13-14,19-20H2,1-8H3;4-9H,1-2,10-11H2,3H3;. The summed E-state index contributed by atoms with van der Waals surface area (Å²) in [4.78, 5) is 16.6. The van der Waals surface area contributed by atoms with E-state index in [4.69, 9.17) is 15.0 Å². The Morgan fingerprint density at radius 2 is 1.02 bits per heavy atom. The first-order valence-electron chi connectivity index (χ1n) is 20.9. The van der Waals surface area contributed by atoms with Gasteiger partial charge in [-0.25, -0.2) is 13.4 Å². The quantitative estimate of drug-likeness (QED) is 0.105. The van der Waals surface area contributed by atoms with E-state index in [-0.39, 0.29) is 30.2 Å². The summed E-state index contributed by atoms with van der Waals surface area (Å²) in [5, 5.41) is 0. The molecule has 4 aromatic rings. The van der Waals surface area contributed by atoms with E-state index in [0.717, 1.165) is 78.3 Å². The van der Waals surface area contributed by atoms with Crippen LogP contribution in [-0.4, -0.2) is 42.2 Å². The number of sulfonamides is 1. The Hall–Kier alpha value is -3.94. The average Bonchev–Trinajstić information content (AvgIpc) is 3.17. The van der Waals surface area contributed by atoms with E-state index in [9.17, 15) is 8.42 Å². The van der Waals surface area contributed by atoms with Crippen molar-refractivity contribution in [2.45, 2.75) is 129 Å². The molecule has 0 saturated carbocycles. The molecule has 6 rings (SSSR count). The number of hydrogen-bond acceptors (Lipinski definition) is 5. The summed E-state index contributed by atoms with van der Waals surface area (Å²) in [6.07, 6.45) is 9.51. The molecule has 0 spiro atoms. The third-order valence-corrected chi connectivity index (χ3v) is 12.8. The van der Waals surface area contributed by atoms with E-state index in [1.165, 1.54) is 37.7 Å². The van der Waals surface area contributed by atoms with E-state index >= 15 is 0 Å². The Balaban J connectivity index is 0.000000349. The number of aliphatic imine (C=N–C) groups is 2. The number of fused-ring (bicyclic) bond motifs is 2. The topological polar surface area (TPSA) is 75.0 Å². The van der Waals surface area contributed by atoms with Crippen molar-refractivity contribution in [3.8, 4) is 0 Å². The van der Waals surface area contributed by atoms with Crippen LogP contribution < -0.4 is 0 Å². The van der Waals surface area contributed by atoms with E-state index < -0.39 is 10.0 Å². The molecule has 3 aromatic carbocycles. The Morgan fingerprint density at radius 3 is 1.36 bits per heavy atom. The molecule has 0 N–H and O–H groups in total. The third-order valence-electron chi connectivity index (χ3n) is 10.9. The van der Waals surface area contributed by atoms with Crippen molar-refractivity contribution in [2.75, 3.05) is 13.1 Å². The average molecular weight is 841 g/mol. The second kappa shape index (κ2) is 20.8. The van der Waals surface area contributed by atoms with Gasteiger partial charge in [0.1, 0.15) is 0 Å². The van der Waals surface area contributed by atoms with Crippen LogP contribution in [0, 0.1) is 6.92 Å². The van der Waals surface area contributed by atoms with Gasteiger partial charge in [-0.05, 0) is 115 Å². The van der Waals surface area contributed by atoms with Crippen molar-refractivity contribution in [1.29, 1.82) is 0 Å². The van der Waals surface area contributed by atoms with Gasteiger partial charge in [0.25, 0.3) is 0 Å². The second-order valence-corrected chi connectivity index (χ2v) is 18.7. The third kappa shape index (κ3) is 10.8. The molecule has 0 bridgehead atoms. The Bertz CT molecular complexity index is 2070. The molecule has 2 aliphatic carbocycles. The second-order valence-electron chi connectivity index (χ2n) is 16.7. The van der Waals surface area contributed by atoms with Crippen LogP contribution in [0.2, 0.25) is 0 Å². The molecule has 0 saturated heterocycles. The van der Waals surface area contributed by atoms with Crippen molar-refractivity contribution >= 4 is 32.8 Å². The first-order chi connectivity index (χ1) is 27.2. The number of nitrogens with zero attached hydrogens (tertiary/aromatic N) is 4. The van der Waals surface area contributed by atoms with E-state index in [1.807, 2.05) is 6.92 Å². The number of para-hydroxylation sites is 2. The van der Waals surface area contributed by atoms with Gasteiger partial charge in [-0.15, -0.1) is 13.2 Å². The van der Waals surface area contributed by atoms with Gasteiger partial charge in [0.2, 0.25) is 10.0 Å². The smallest absolute Gasteiger partial charge is 0.243 e.